The van der Waals surface area contributed by atoms with Gasteiger partial charge >= 0.3 is 0 Å². The van der Waals surface area contributed by atoms with Gasteiger partial charge < -0.3 is 5.11 Å². The highest BCUT2D eigenvalue weighted by molar-refractivity contribution is 7.11. The fourth-order valence-electron chi connectivity index (χ4n) is 2.19. The average molecular weight is 330 g/mol. The Bertz CT molecular complexity index is 934. The maximum absolute atomic E-state index is 9.91. The molecule has 3 rings (SSSR count). The normalized spacial score (nSPS) is 11.5. The minimum atomic E-state index is 0.181. The number of hydrogen-bond acceptors (Lipinski definition) is 4. The average Bonchev–Trinajstić information content (AvgIpc) is 3.10. The molecule has 24 heavy (non-hydrogen) atoms. The second kappa shape index (κ2) is 7.40. The summed E-state index contributed by atoms with van der Waals surface area (Å²) in [5.74, 6) is 0.181. The summed E-state index contributed by atoms with van der Waals surface area (Å²) < 4.78 is 0. The molecule has 0 unspecified atom stereocenters. The molecule has 116 valence electrons. The lowest BCUT2D eigenvalue weighted by molar-refractivity contribution is 0.477. The third kappa shape index (κ3) is 3.60. The van der Waals surface area contributed by atoms with E-state index < -0.39 is 0 Å². The zero-order valence-electron chi connectivity index (χ0n) is 12.8. The second-order valence-electron chi connectivity index (χ2n) is 5.02. The van der Waals surface area contributed by atoms with E-state index in [0.29, 0.717) is 21.8 Å². The Balaban J connectivity index is 1.85. The SMILES string of the molecule is N#C/C(=C/C=C\c1ccccc1)c1nc(-c2ccccc2O)cs1. The van der Waals surface area contributed by atoms with Gasteiger partial charge in [0.15, 0.2) is 0 Å². The van der Waals surface area contributed by atoms with Gasteiger partial charge in [-0.25, -0.2) is 4.98 Å². The number of thiazole rings is 1. The van der Waals surface area contributed by atoms with Crippen molar-refractivity contribution in [2.45, 2.75) is 0 Å². The summed E-state index contributed by atoms with van der Waals surface area (Å²) in [6.07, 6.45) is 5.53. The number of para-hydroxylation sites is 1. The number of aromatic nitrogens is 1. The van der Waals surface area contributed by atoms with Gasteiger partial charge in [0.25, 0.3) is 0 Å². The van der Waals surface area contributed by atoms with Crippen molar-refractivity contribution in [3.05, 3.63) is 82.7 Å². The summed E-state index contributed by atoms with van der Waals surface area (Å²) in [5, 5.41) is 21.8. The first kappa shape index (κ1) is 15.7. The molecule has 1 N–H and O–H groups in total. The Hall–Kier alpha value is -3.16. The van der Waals surface area contributed by atoms with Crippen LogP contribution in [-0.4, -0.2) is 10.1 Å². The number of benzene rings is 2. The van der Waals surface area contributed by atoms with Crippen molar-refractivity contribution in [1.82, 2.24) is 4.98 Å². The van der Waals surface area contributed by atoms with Gasteiger partial charge in [-0.15, -0.1) is 11.3 Å². The molecule has 3 nitrogen and oxygen atoms in total. The van der Waals surface area contributed by atoms with E-state index >= 15 is 0 Å². The summed E-state index contributed by atoms with van der Waals surface area (Å²) in [6.45, 7) is 0. The fraction of sp³-hybridized carbons (Fsp3) is 0. The number of aromatic hydroxyl groups is 1. The summed E-state index contributed by atoms with van der Waals surface area (Å²) in [5.41, 5.74) is 2.90. The molecular weight excluding hydrogens is 316 g/mol. The minimum Gasteiger partial charge on any atom is -0.507 e. The zero-order chi connectivity index (χ0) is 16.8. The van der Waals surface area contributed by atoms with Gasteiger partial charge in [0.2, 0.25) is 0 Å². The van der Waals surface area contributed by atoms with Crippen molar-refractivity contribution in [3.8, 4) is 23.1 Å². The molecule has 1 aromatic heterocycles. The second-order valence-corrected chi connectivity index (χ2v) is 5.88. The molecule has 0 atom stereocenters. The van der Waals surface area contributed by atoms with Gasteiger partial charge in [0.05, 0.1) is 11.3 Å². The van der Waals surface area contributed by atoms with Crippen LogP contribution in [0.4, 0.5) is 0 Å². The van der Waals surface area contributed by atoms with E-state index in [4.69, 9.17) is 0 Å². The van der Waals surface area contributed by atoms with Crippen LogP contribution in [0.25, 0.3) is 22.9 Å². The Morgan fingerprint density at radius 3 is 2.58 bits per heavy atom. The van der Waals surface area contributed by atoms with E-state index in [0.717, 1.165) is 5.56 Å². The molecule has 0 saturated heterocycles. The van der Waals surface area contributed by atoms with Crippen LogP contribution in [0.15, 0.2) is 72.1 Å². The van der Waals surface area contributed by atoms with Crippen molar-refractivity contribution in [3.63, 3.8) is 0 Å². The lowest BCUT2D eigenvalue weighted by atomic mass is 10.1. The molecule has 0 aliphatic heterocycles. The minimum absolute atomic E-state index is 0.181. The van der Waals surface area contributed by atoms with Crippen LogP contribution in [-0.2, 0) is 0 Å². The highest BCUT2D eigenvalue weighted by atomic mass is 32.1. The zero-order valence-corrected chi connectivity index (χ0v) is 13.6. The van der Waals surface area contributed by atoms with Crippen molar-refractivity contribution in [2.75, 3.05) is 0 Å². The smallest absolute Gasteiger partial charge is 0.134 e. The third-order valence-corrected chi connectivity index (χ3v) is 4.26. The highest BCUT2D eigenvalue weighted by Crippen LogP contribution is 2.31. The quantitative estimate of drug-likeness (QED) is 0.532. The Morgan fingerprint density at radius 1 is 1.08 bits per heavy atom. The number of phenols is 1. The Labute approximate surface area is 144 Å². The van der Waals surface area contributed by atoms with Crippen molar-refractivity contribution < 1.29 is 5.11 Å². The van der Waals surface area contributed by atoms with Crippen LogP contribution in [0, 0.1) is 11.3 Å². The summed E-state index contributed by atoms with van der Waals surface area (Å²) in [4.78, 5) is 4.47. The highest BCUT2D eigenvalue weighted by Gasteiger charge is 2.10. The van der Waals surface area contributed by atoms with E-state index in [1.54, 1.807) is 24.3 Å². The lowest BCUT2D eigenvalue weighted by Crippen LogP contribution is -1.82. The monoisotopic (exact) mass is 330 g/mol. The first-order valence-electron chi connectivity index (χ1n) is 7.35. The van der Waals surface area contributed by atoms with E-state index in [-0.39, 0.29) is 5.75 Å². The van der Waals surface area contributed by atoms with Gasteiger partial charge in [-0.3, -0.25) is 0 Å². The first-order chi connectivity index (χ1) is 11.8. The Kier molecular flexibility index (Phi) is 4.85. The molecule has 0 aliphatic carbocycles. The van der Waals surface area contributed by atoms with E-state index in [1.807, 2.05) is 53.9 Å². The topological polar surface area (TPSA) is 56.9 Å². The van der Waals surface area contributed by atoms with Gasteiger partial charge in [-0.1, -0.05) is 54.6 Å². The number of allylic oxidation sites excluding steroid dienone is 3. The standard InChI is InChI=1S/C20H14N2OS/c21-13-16(10-6-9-15-7-2-1-3-8-15)20-22-18(14-24-20)17-11-4-5-12-19(17)23/h1-12,14,23H/b9-6-,16-10-. The first-order valence-corrected chi connectivity index (χ1v) is 8.23. The van der Waals surface area contributed by atoms with Gasteiger partial charge in [-0.2, -0.15) is 5.26 Å². The van der Waals surface area contributed by atoms with Crippen molar-refractivity contribution in [2.24, 2.45) is 0 Å². The molecule has 0 radical (unpaired) electrons. The molecule has 0 aliphatic rings. The molecule has 2 aromatic carbocycles. The molecule has 3 aromatic rings. The maximum Gasteiger partial charge on any atom is 0.134 e. The molecular formula is C20H14N2OS. The van der Waals surface area contributed by atoms with Crippen LogP contribution in [0.1, 0.15) is 10.6 Å². The van der Waals surface area contributed by atoms with Gasteiger partial charge in [-0.05, 0) is 23.8 Å². The van der Waals surface area contributed by atoms with Crippen molar-refractivity contribution >= 4 is 23.0 Å². The predicted octanol–water partition coefficient (Wildman–Crippen LogP) is 5.14. The molecule has 0 spiro atoms. The number of hydrogen-bond donors (Lipinski definition) is 1. The number of nitriles is 1. The molecule has 0 amide bonds. The van der Waals surface area contributed by atoms with E-state index in [1.165, 1.54) is 11.3 Å². The van der Waals surface area contributed by atoms with E-state index in [9.17, 15) is 10.4 Å². The molecule has 0 bridgehead atoms. The lowest BCUT2D eigenvalue weighted by Gasteiger charge is -1.99. The van der Waals surface area contributed by atoms with Gasteiger partial charge in [0.1, 0.15) is 16.8 Å². The summed E-state index contributed by atoms with van der Waals surface area (Å²) in [6, 6.07) is 19.1. The van der Waals surface area contributed by atoms with E-state index in [2.05, 4.69) is 11.1 Å². The molecule has 0 fully saturated rings. The summed E-state index contributed by atoms with van der Waals surface area (Å²) >= 11 is 1.39. The predicted molar refractivity (Wildman–Crippen MR) is 98.3 cm³/mol. The fourth-order valence-corrected chi connectivity index (χ4v) is 2.98. The van der Waals surface area contributed by atoms with Crippen LogP contribution in [0.3, 0.4) is 0 Å². The molecule has 0 saturated carbocycles. The van der Waals surface area contributed by atoms with Gasteiger partial charge in [0, 0.05) is 10.9 Å². The van der Waals surface area contributed by atoms with Crippen LogP contribution in [0.2, 0.25) is 0 Å². The van der Waals surface area contributed by atoms with Crippen molar-refractivity contribution in [1.29, 1.82) is 5.26 Å². The van der Waals surface area contributed by atoms with Crippen LogP contribution < -0.4 is 0 Å². The van der Waals surface area contributed by atoms with Crippen LogP contribution >= 0.6 is 11.3 Å². The maximum atomic E-state index is 9.91. The molecule has 4 heteroatoms. The van der Waals surface area contributed by atoms with Crippen LogP contribution in [0.5, 0.6) is 5.75 Å². The third-order valence-electron chi connectivity index (χ3n) is 3.39. The largest absolute Gasteiger partial charge is 0.507 e. The summed E-state index contributed by atoms with van der Waals surface area (Å²) in [7, 11) is 0. The number of phenolic OH excluding ortho intramolecular Hbond substituents is 1. The Morgan fingerprint density at radius 2 is 1.83 bits per heavy atom. The molecule has 1 heterocycles. The number of rotatable bonds is 4. The number of nitrogens with zero attached hydrogens (tertiary/aromatic N) is 2.